The summed E-state index contributed by atoms with van der Waals surface area (Å²) in [7, 11) is 2.00. The molecule has 0 radical (unpaired) electrons. The van der Waals surface area contributed by atoms with Gasteiger partial charge in [-0.15, -0.1) is 0 Å². The van der Waals surface area contributed by atoms with E-state index in [1.165, 1.54) is 11.3 Å². The van der Waals surface area contributed by atoms with Crippen LogP contribution in [0.1, 0.15) is 11.3 Å². The molecule has 0 aliphatic carbocycles. The number of benzene rings is 2. The molecule has 3 rings (SSSR count). The molecular weight excluding hydrogens is 304 g/mol. The Bertz CT molecular complexity index is 792. The molecule has 116 valence electrons. The number of aryl methyl sites for hydroxylation is 1. The molecule has 5 heteroatoms. The van der Waals surface area contributed by atoms with Crippen molar-refractivity contribution < 1.29 is 4.57 Å². The maximum Gasteiger partial charge on any atom is 0.408 e. The molecule has 0 amide bonds. The Hall–Kier alpha value is -2.53. The monoisotopic (exact) mass is 323 g/mol. The Balaban J connectivity index is 1.62. The summed E-state index contributed by atoms with van der Waals surface area (Å²) in [6.45, 7) is 2.87. The lowest BCUT2D eigenvalue weighted by Gasteiger charge is -2.05. The summed E-state index contributed by atoms with van der Waals surface area (Å²) in [5, 5.41) is 15.0. The number of thiazole rings is 1. The van der Waals surface area contributed by atoms with Crippen molar-refractivity contribution in [2.75, 3.05) is 5.32 Å². The smallest absolute Gasteiger partial charge is 0.381 e. The fourth-order valence-electron chi connectivity index (χ4n) is 2.08. The summed E-state index contributed by atoms with van der Waals surface area (Å²) in [5.41, 5.74) is 4.37. The number of nitrogens with one attached hydrogen (secondary N) is 1. The summed E-state index contributed by atoms with van der Waals surface area (Å²) < 4.78 is 2.03. The number of anilines is 1. The van der Waals surface area contributed by atoms with Crippen LogP contribution < -0.4 is 9.88 Å². The lowest BCUT2D eigenvalue weighted by atomic mass is 10.2. The molecule has 0 unspecified atom stereocenters. The standard InChI is InChI=1S/C18H18N4S/c1-14-13-23-18(22(14)2)21-20-17-10-8-16(9-11-17)19-12-15-6-4-3-5-7-15/h3-11,13H,12H2,1-2H3/p+1. The fraction of sp³-hybridized carbons (Fsp3) is 0.167. The lowest BCUT2D eigenvalue weighted by molar-refractivity contribution is -0.660. The van der Waals surface area contributed by atoms with E-state index in [0.717, 1.165) is 23.1 Å². The number of aromatic nitrogens is 1. The second-order valence-corrected chi connectivity index (χ2v) is 6.14. The second kappa shape index (κ2) is 7.15. The molecule has 1 N–H and O–H groups in total. The van der Waals surface area contributed by atoms with E-state index in [0.29, 0.717) is 0 Å². The van der Waals surface area contributed by atoms with Crippen molar-refractivity contribution in [2.45, 2.75) is 13.5 Å². The Morgan fingerprint density at radius 3 is 2.39 bits per heavy atom. The molecule has 3 aromatic rings. The van der Waals surface area contributed by atoms with Crippen LogP contribution in [0.15, 0.2) is 70.2 Å². The van der Waals surface area contributed by atoms with Crippen LogP contribution in [0.2, 0.25) is 0 Å². The van der Waals surface area contributed by atoms with Crippen molar-refractivity contribution in [1.29, 1.82) is 0 Å². The van der Waals surface area contributed by atoms with Crippen LogP contribution in [-0.2, 0) is 13.6 Å². The van der Waals surface area contributed by atoms with E-state index < -0.39 is 0 Å². The quantitative estimate of drug-likeness (QED) is 0.526. The maximum absolute atomic E-state index is 4.31. The molecular formula is C18H19N4S+. The molecule has 1 aromatic heterocycles. The average Bonchev–Trinajstić information content (AvgIpc) is 2.92. The Morgan fingerprint density at radius 1 is 1.00 bits per heavy atom. The molecule has 0 aliphatic rings. The van der Waals surface area contributed by atoms with E-state index in [-0.39, 0.29) is 0 Å². The topological polar surface area (TPSA) is 40.6 Å². The van der Waals surface area contributed by atoms with Crippen molar-refractivity contribution in [3.8, 4) is 0 Å². The van der Waals surface area contributed by atoms with Gasteiger partial charge >= 0.3 is 5.13 Å². The molecule has 23 heavy (non-hydrogen) atoms. The number of hydrogen-bond donors (Lipinski definition) is 1. The normalized spacial score (nSPS) is 11.0. The molecule has 4 nitrogen and oxygen atoms in total. The highest BCUT2D eigenvalue weighted by molar-refractivity contribution is 7.12. The summed E-state index contributed by atoms with van der Waals surface area (Å²) in [6, 6.07) is 18.3. The number of hydrogen-bond acceptors (Lipinski definition) is 4. The SMILES string of the molecule is Cc1csc(N=Nc2ccc(NCc3ccccc3)cc2)[n+]1C. The Kier molecular flexibility index (Phi) is 4.78. The number of rotatable bonds is 5. The van der Waals surface area contributed by atoms with Crippen LogP contribution in [-0.4, -0.2) is 0 Å². The van der Waals surface area contributed by atoms with Gasteiger partial charge in [-0.05, 0) is 53.2 Å². The molecule has 2 aromatic carbocycles. The van der Waals surface area contributed by atoms with Crippen molar-refractivity contribution in [2.24, 2.45) is 17.3 Å². The third-order valence-electron chi connectivity index (χ3n) is 3.61. The van der Waals surface area contributed by atoms with E-state index >= 15 is 0 Å². The van der Waals surface area contributed by atoms with Crippen molar-refractivity contribution >= 4 is 27.8 Å². The van der Waals surface area contributed by atoms with Crippen molar-refractivity contribution in [3.05, 3.63) is 71.2 Å². The van der Waals surface area contributed by atoms with Gasteiger partial charge in [0.15, 0.2) is 0 Å². The zero-order valence-corrected chi connectivity index (χ0v) is 14.0. The number of azo groups is 1. The van der Waals surface area contributed by atoms with Gasteiger partial charge in [0, 0.05) is 17.6 Å². The first-order valence-corrected chi connectivity index (χ1v) is 8.34. The Morgan fingerprint density at radius 2 is 1.74 bits per heavy atom. The van der Waals surface area contributed by atoms with Gasteiger partial charge in [-0.2, -0.15) is 0 Å². The van der Waals surface area contributed by atoms with E-state index in [1.807, 2.05) is 54.1 Å². The minimum atomic E-state index is 0.812. The van der Waals surface area contributed by atoms with E-state index in [1.54, 1.807) is 11.3 Å². The predicted octanol–water partition coefficient (Wildman–Crippen LogP) is 4.91. The van der Waals surface area contributed by atoms with Gasteiger partial charge in [-0.25, -0.2) is 4.57 Å². The first kappa shape index (κ1) is 15.4. The summed E-state index contributed by atoms with van der Waals surface area (Å²) in [5.74, 6) is 0. The highest BCUT2D eigenvalue weighted by Crippen LogP contribution is 2.21. The van der Waals surface area contributed by atoms with Gasteiger partial charge in [0.25, 0.3) is 0 Å². The van der Waals surface area contributed by atoms with Gasteiger partial charge in [0.1, 0.15) is 11.4 Å². The first-order chi connectivity index (χ1) is 11.2. The minimum absolute atomic E-state index is 0.812. The van der Waals surface area contributed by atoms with Crippen LogP contribution in [0.5, 0.6) is 0 Å². The van der Waals surface area contributed by atoms with Crippen molar-refractivity contribution in [3.63, 3.8) is 0 Å². The molecule has 1 heterocycles. The highest BCUT2D eigenvalue weighted by Gasteiger charge is 2.11. The van der Waals surface area contributed by atoms with Crippen LogP contribution in [0.4, 0.5) is 16.5 Å². The zero-order chi connectivity index (χ0) is 16.1. The molecule has 0 saturated carbocycles. The Labute approximate surface area is 140 Å². The summed E-state index contributed by atoms with van der Waals surface area (Å²) in [4.78, 5) is 0. The molecule has 0 spiro atoms. The second-order valence-electron chi connectivity index (χ2n) is 5.30. The maximum atomic E-state index is 4.31. The van der Waals surface area contributed by atoms with Gasteiger partial charge in [0.2, 0.25) is 0 Å². The third-order valence-corrected chi connectivity index (χ3v) is 4.63. The van der Waals surface area contributed by atoms with Gasteiger partial charge < -0.3 is 5.32 Å². The summed E-state index contributed by atoms with van der Waals surface area (Å²) >= 11 is 1.59. The van der Waals surface area contributed by atoms with Crippen LogP contribution in [0, 0.1) is 6.92 Å². The average molecular weight is 323 g/mol. The molecule has 0 atom stereocenters. The number of nitrogens with zero attached hydrogens (tertiary/aromatic N) is 3. The molecule has 0 aliphatic heterocycles. The fourth-order valence-corrected chi connectivity index (χ4v) is 2.91. The van der Waals surface area contributed by atoms with Crippen molar-refractivity contribution in [1.82, 2.24) is 0 Å². The van der Waals surface area contributed by atoms with Gasteiger partial charge in [-0.1, -0.05) is 30.3 Å². The predicted molar refractivity (Wildman–Crippen MR) is 94.6 cm³/mol. The molecule has 0 saturated heterocycles. The van der Waals surface area contributed by atoms with Gasteiger partial charge in [-0.3, -0.25) is 0 Å². The van der Waals surface area contributed by atoms with Crippen LogP contribution in [0.3, 0.4) is 0 Å². The molecule has 0 bridgehead atoms. The van der Waals surface area contributed by atoms with Crippen LogP contribution >= 0.6 is 11.3 Å². The molecule has 0 fully saturated rings. The van der Waals surface area contributed by atoms with Gasteiger partial charge in [0.05, 0.1) is 12.2 Å². The van der Waals surface area contributed by atoms with E-state index in [4.69, 9.17) is 0 Å². The summed E-state index contributed by atoms with van der Waals surface area (Å²) in [6.07, 6.45) is 0. The third kappa shape index (κ3) is 4.02. The minimum Gasteiger partial charge on any atom is -0.381 e. The van der Waals surface area contributed by atoms with E-state index in [2.05, 4.69) is 40.0 Å². The van der Waals surface area contributed by atoms with Crippen LogP contribution in [0.25, 0.3) is 0 Å². The largest absolute Gasteiger partial charge is 0.408 e. The zero-order valence-electron chi connectivity index (χ0n) is 13.2. The first-order valence-electron chi connectivity index (χ1n) is 7.46. The van der Waals surface area contributed by atoms with E-state index in [9.17, 15) is 0 Å². The highest BCUT2D eigenvalue weighted by atomic mass is 32.1. The lowest BCUT2D eigenvalue weighted by Crippen LogP contribution is -2.28.